The molecule has 0 radical (unpaired) electrons. The van der Waals surface area contributed by atoms with E-state index in [1.165, 1.54) is 12.1 Å². The van der Waals surface area contributed by atoms with Crippen molar-refractivity contribution < 1.29 is 14.2 Å². The number of ether oxygens (including phenoxy) is 1. The van der Waals surface area contributed by atoms with Crippen LogP contribution in [0, 0.1) is 18.7 Å². The van der Waals surface area contributed by atoms with Crippen molar-refractivity contribution in [3.63, 3.8) is 0 Å². The number of halogens is 1. The lowest BCUT2D eigenvalue weighted by Crippen LogP contribution is -2.39. The van der Waals surface area contributed by atoms with Crippen molar-refractivity contribution in [2.24, 2.45) is 5.92 Å². The van der Waals surface area contributed by atoms with Gasteiger partial charge < -0.3 is 9.84 Å². The molecule has 1 fully saturated rings. The van der Waals surface area contributed by atoms with Crippen molar-refractivity contribution in [2.45, 2.75) is 31.8 Å². The summed E-state index contributed by atoms with van der Waals surface area (Å²) >= 11 is 0. The van der Waals surface area contributed by atoms with Crippen LogP contribution in [-0.2, 0) is 11.2 Å². The fourth-order valence-corrected chi connectivity index (χ4v) is 2.34. The molecule has 0 aliphatic heterocycles. The van der Waals surface area contributed by atoms with Crippen molar-refractivity contribution in [1.29, 1.82) is 0 Å². The molecule has 1 saturated carbocycles. The lowest BCUT2D eigenvalue weighted by atomic mass is 9.88. The Bertz CT molecular complexity index is 401. The van der Waals surface area contributed by atoms with E-state index in [4.69, 9.17) is 4.74 Å². The third-order valence-corrected chi connectivity index (χ3v) is 3.54. The fourth-order valence-electron chi connectivity index (χ4n) is 2.34. The molecule has 1 atom stereocenters. The van der Waals surface area contributed by atoms with Crippen molar-refractivity contribution in [3.05, 3.63) is 35.1 Å². The minimum atomic E-state index is -0.840. The van der Waals surface area contributed by atoms with E-state index < -0.39 is 5.60 Å². The topological polar surface area (TPSA) is 29.5 Å². The van der Waals surface area contributed by atoms with Crippen LogP contribution in [0.3, 0.4) is 0 Å². The zero-order valence-electron chi connectivity index (χ0n) is 10.4. The second-order valence-electron chi connectivity index (χ2n) is 5.06. The van der Waals surface area contributed by atoms with Crippen molar-refractivity contribution in [1.82, 2.24) is 0 Å². The molecule has 0 heterocycles. The van der Waals surface area contributed by atoms with E-state index in [0.717, 1.165) is 24.0 Å². The molecule has 1 N–H and O–H groups in total. The summed E-state index contributed by atoms with van der Waals surface area (Å²) in [5.41, 5.74) is 1.05. The number of rotatable bonds is 5. The Hall–Kier alpha value is -0.930. The maximum atomic E-state index is 13.2. The van der Waals surface area contributed by atoms with Crippen LogP contribution in [0.25, 0.3) is 0 Å². The highest BCUT2D eigenvalue weighted by Crippen LogP contribution is 2.42. The van der Waals surface area contributed by atoms with Gasteiger partial charge in [0.15, 0.2) is 0 Å². The van der Waals surface area contributed by atoms with Gasteiger partial charge in [-0.3, -0.25) is 0 Å². The number of hydrogen-bond acceptors (Lipinski definition) is 2. The SMILES string of the molecule is COCC(O)(Cc1cc(F)ccc1C)C1CC1. The Morgan fingerprint density at radius 2 is 2.18 bits per heavy atom. The Kier molecular flexibility index (Phi) is 3.50. The maximum absolute atomic E-state index is 13.2. The molecule has 1 aromatic carbocycles. The largest absolute Gasteiger partial charge is 0.387 e. The van der Waals surface area contributed by atoms with Crippen LogP contribution in [0.1, 0.15) is 24.0 Å². The van der Waals surface area contributed by atoms with Gasteiger partial charge in [-0.2, -0.15) is 0 Å². The van der Waals surface area contributed by atoms with E-state index in [0.29, 0.717) is 18.9 Å². The summed E-state index contributed by atoms with van der Waals surface area (Å²) in [6.07, 6.45) is 2.54. The first kappa shape index (κ1) is 12.5. The molecule has 0 spiro atoms. The third kappa shape index (κ3) is 2.85. The molecule has 1 aromatic rings. The minimum Gasteiger partial charge on any atom is -0.387 e. The average molecular weight is 238 g/mol. The molecule has 1 aliphatic rings. The molecule has 1 aliphatic carbocycles. The van der Waals surface area contributed by atoms with Crippen LogP contribution >= 0.6 is 0 Å². The van der Waals surface area contributed by atoms with E-state index in [1.807, 2.05) is 6.92 Å². The lowest BCUT2D eigenvalue weighted by Gasteiger charge is -2.28. The zero-order chi connectivity index (χ0) is 12.5. The predicted molar refractivity (Wildman–Crippen MR) is 64.4 cm³/mol. The molecular weight excluding hydrogens is 219 g/mol. The van der Waals surface area contributed by atoms with Crippen LogP contribution in [-0.4, -0.2) is 24.4 Å². The van der Waals surface area contributed by atoms with Gasteiger partial charge in [-0.05, 0) is 48.9 Å². The maximum Gasteiger partial charge on any atom is 0.123 e. The minimum absolute atomic E-state index is 0.249. The third-order valence-electron chi connectivity index (χ3n) is 3.54. The lowest BCUT2D eigenvalue weighted by molar-refractivity contribution is -0.0475. The highest BCUT2D eigenvalue weighted by Gasteiger charge is 2.44. The smallest absolute Gasteiger partial charge is 0.123 e. The molecule has 3 heteroatoms. The molecule has 2 rings (SSSR count). The highest BCUT2D eigenvalue weighted by molar-refractivity contribution is 5.28. The number of methoxy groups -OCH3 is 1. The standard InChI is InChI=1S/C14H19FO2/c1-10-3-6-13(15)7-11(10)8-14(16,9-17-2)12-4-5-12/h3,6-7,12,16H,4-5,8-9H2,1-2H3. The van der Waals surface area contributed by atoms with Gasteiger partial charge >= 0.3 is 0 Å². The Labute approximate surface area is 101 Å². The normalized spacial score (nSPS) is 19.1. The van der Waals surface area contributed by atoms with Gasteiger partial charge in [0.25, 0.3) is 0 Å². The van der Waals surface area contributed by atoms with E-state index in [2.05, 4.69) is 0 Å². The first-order valence-corrected chi connectivity index (χ1v) is 6.01. The Morgan fingerprint density at radius 3 is 2.76 bits per heavy atom. The number of benzene rings is 1. The summed E-state index contributed by atoms with van der Waals surface area (Å²) < 4.78 is 18.3. The second-order valence-corrected chi connectivity index (χ2v) is 5.06. The second kappa shape index (κ2) is 4.75. The van der Waals surface area contributed by atoms with Crippen molar-refractivity contribution in [3.8, 4) is 0 Å². The summed E-state index contributed by atoms with van der Waals surface area (Å²) in [4.78, 5) is 0. The van der Waals surface area contributed by atoms with Gasteiger partial charge in [0.1, 0.15) is 5.82 Å². The van der Waals surface area contributed by atoms with Crippen LogP contribution in [0.2, 0.25) is 0 Å². The van der Waals surface area contributed by atoms with Gasteiger partial charge in [-0.25, -0.2) is 4.39 Å². The van der Waals surface area contributed by atoms with Crippen LogP contribution in [0.4, 0.5) is 4.39 Å². The van der Waals surface area contributed by atoms with Gasteiger partial charge in [-0.1, -0.05) is 6.07 Å². The van der Waals surface area contributed by atoms with Crippen LogP contribution in [0.15, 0.2) is 18.2 Å². The zero-order valence-corrected chi connectivity index (χ0v) is 10.4. The molecule has 0 aromatic heterocycles. The van der Waals surface area contributed by atoms with Gasteiger partial charge in [-0.15, -0.1) is 0 Å². The van der Waals surface area contributed by atoms with Crippen LogP contribution in [0.5, 0.6) is 0 Å². The number of aliphatic hydroxyl groups is 1. The fraction of sp³-hybridized carbons (Fsp3) is 0.571. The molecule has 0 amide bonds. The molecule has 0 bridgehead atoms. The average Bonchev–Trinajstić information content (AvgIpc) is 3.07. The molecule has 94 valence electrons. The summed E-state index contributed by atoms with van der Waals surface area (Å²) in [5, 5.41) is 10.6. The first-order valence-electron chi connectivity index (χ1n) is 6.01. The summed E-state index contributed by atoms with van der Waals surface area (Å²) in [6, 6.07) is 4.72. The van der Waals surface area contributed by atoms with Gasteiger partial charge in [0.2, 0.25) is 0 Å². The summed E-state index contributed by atoms with van der Waals surface area (Å²) in [6.45, 7) is 2.25. The van der Waals surface area contributed by atoms with Crippen molar-refractivity contribution in [2.75, 3.05) is 13.7 Å². The van der Waals surface area contributed by atoms with Crippen molar-refractivity contribution >= 4 is 0 Å². The summed E-state index contributed by atoms with van der Waals surface area (Å²) in [7, 11) is 1.59. The van der Waals surface area contributed by atoms with E-state index in [9.17, 15) is 9.50 Å². The first-order chi connectivity index (χ1) is 8.05. The molecule has 17 heavy (non-hydrogen) atoms. The van der Waals surface area contributed by atoms with E-state index in [1.54, 1.807) is 13.2 Å². The highest BCUT2D eigenvalue weighted by atomic mass is 19.1. The molecular formula is C14H19FO2. The van der Waals surface area contributed by atoms with E-state index >= 15 is 0 Å². The quantitative estimate of drug-likeness (QED) is 0.854. The number of aryl methyl sites for hydroxylation is 1. The summed E-state index contributed by atoms with van der Waals surface area (Å²) in [5.74, 6) is 0.0475. The monoisotopic (exact) mass is 238 g/mol. The predicted octanol–water partition coefficient (Wildman–Crippen LogP) is 2.46. The number of hydrogen-bond donors (Lipinski definition) is 1. The molecule has 1 unspecified atom stereocenters. The Balaban J connectivity index is 2.19. The van der Waals surface area contributed by atoms with Crippen LogP contribution < -0.4 is 0 Å². The molecule has 2 nitrogen and oxygen atoms in total. The molecule has 0 saturated heterocycles. The Morgan fingerprint density at radius 1 is 1.47 bits per heavy atom. The van der Waals surface area contributed by atoms with Gasteiger partial charge in [0, 0.05) is 13.5 Å². The van der Waals surface area contributed by atoms with Gasteiger partial charge in [0.05, 0.1) is 12.2 Å². The van der Waals surface area contributed by atoms with E-state index in [-0.39, 0.29) is 5.82 Å².